The molecule has 6 rings (SSSR count). The molecule has 0 spiro atoms. The predicted octanol–water partition coefficient (Wildman–Crippen LogP) is 11.1. The Kier molecular flexibility index (Phi) is 13.2. The minimum absolute atomic E-state index is 0.450. The van der Waals surface area contributed by atoms with Crippen LogP contribution in [0.2, 0.25) is 0 Å². The van der Waals surface area contributed by atoms with Crippen LogP contribution in [0.3, 0.4) is 0 Å². The van der Waals surface area contributed by atoms with Crippen LogP contribution in [0.15, 0.2) is 97.1 Å². The van der Waals surface area contributed by atoms with Crippen LogP contribution in [0.4, 0.5) is 0 Å². The van der Waals surface area contributed by atoms with Crippen molar-refractivity contribution in [2.24, 2.45) is 0 Å². The van der Waals surface area contributed by atoms with Crippen LogP contribution < -0.4 is 23.7 Å². The van der Waals surface area contributed by atoms with Crippen LogP contribution in [0.1, 0.15) is 103 Å². The Hall–Kier alpha value is -4.90. The molecule has 0 saturated carbocycles. The van der Waals surface area contributed by atoms with E-state index in [-0.39, 0.29) is 0 Å². The normalized spacial score (nSPS) is 12.2. The molecule has 1 aliphatic carbocycles. The van der Waals surface area contributed by atoms with Gasteiger partial charge in [-0.15, -0.1) is 0 Å². The molecule has 0 aromatic heterocycles. The van der Waals surface area contributed by atoms with Crippen LogP contribution in [0.25, 0.3) is 0 Å². The van der Waals surface area contributed by atoms with Gasteiger partial charge >= 0.3 is 0 Å². The van der Waals surface area contributed by atoms with Crippen molar-refractivity contribution < 1.29 is 23.7 Å². The molecule has 272 valence electrons. The Labute approximate surface area is 310 Å². The standard InChI is InChI=1S/C47H54O5/c1-5-23-48-44-35-15-12-16-36(44)30-38-18-14-20-40(46(38)50-25-7-3)32-42-28-34(33-52-43-21-10-9-11-22-43)27-41(47(42)51-26-8-4)31-39-19-13-17-37(29-35)45(39)49-24-6-2/h9-22,27-28H,5-8,23-26,29-33H2,1-4H3. The highest BCUT2D eigenvalue weighted by atomic mass is 16.5. The van der Waals surface area contributed by atoms with E-state index in [1.54, 1.807) is 0 Å². The lowest BCUT2D eigenvalue weighted by Gasteiger charge is -2.23. The molecule has 5 aromatic carbocycles. The molecule has 1 aliphatic rings. The minimum atomic E-state index is 0.450. The number of benzene rings is 5. The first-order chi connectivity index (χ1) is 25.6. The third-order valence-electron chi connectivity index (χ3n) is 9.31. The highest BCUT2D eigenvalue weighted by molar-refractivity contribution is 5.56. The van der Waals surface area contributed by atoms with Gasteiger partial charge in [-0.05, 0) is 100 Å². The third-order valence-corrected chi connectivity index (χ3v) is 9.31. The molecule has 0 aliphatic heterocycles. The van der Waals surface area contributed by atoms with Gasteiger partial charge in [-0.1, -0.05) is 100 Å². The van der Waals surface area contributed by atoms with Gasteiger partial charge in [-0.2, -0.15) is 0 Å². The average Bonchev–Trinajstić information content (AvgIpc) is 3.16. The second-order valence-electron chi connectivity index (χ2n) is 13.7. The van der Waals surface area contributed by atoms with E-state index in [2.05, 4.69) is 94.4 Å². The number of hydrogen-bond donors (Lipinski definition) is 0. The Morgan fingerprint density at radius 2 is 0.692 bits per heavy atom. The van der Waals surface area contributed by atoms with Gasteiger partial charge in [0, 0.05) is 25.7 Å². The van der Waals surface area contributed by atoms with E-state index in [0.29, 0.717) is 58.7 Å². The summed E-state index contributed by atoms with van der Waals surface area (Å²) in [5.41, 5.74) is 10.3. The molecule has 5 aromatic rings. The zero-order valence-electron chi connectivity index (χ0n) is 31.5. The molecule has 5 heteroatoms. The molecule has 0 saturated heterocycles. The lowest BCUT2D eigenvalue weighted by Crippen LogP contribution is -2.10. The quantitative estimate of drug-likeness (QED) is 0.107. The van der Waals surface area contributed by atoms with Crippen molar-refractivity contribution in [3.05, 3.63) is 147 Å². The largest absolute Gasteiger partial charge is 0.493 e. The fourth-order valence-corrected chi connectivity index (χ4v) is 6.98. The van der Waals surface area contributed by atoms with Crippen molar-refractivity contribution in [3.63, 3.8) is 0 Å². The van der Waals surface area contributed by atoms with Gasteiger partial charge in [0.05, 0.1) is 26.4 Å². The van der Waals surface area contributed by atoms with Crippen molar-refractivity contribution in [2.45, 2.75) is 85.7 Å². The van der Waals surface area contributed by atoms with E-state index in [1.807, 2.05) is 30.3 Å². The van der Waals surface area contributed by atoms with Crippen molar-refractivity contribution >= 4 is 0 Å². The molecule has 0 heterocycles. The van der Waals surface area contributed by atoms with E-state index >= 15 is 0 Å². The second-order valence-corrected chi connectivity index (χ2v) is 13.7. The molecule has 0 unspecified atom stereocenters. The summed E-state index contributed by atoms with van der Waals surface area (Å²) in [6.07, 6.45) is 6.44. The number of rotatable bonds is 15. The highest BCUT2D eigenvalue weighted by Gasteiger charge is 2.22. The summed E-state index contributed by atoms with van der Waals surface area (Å²) in [4.78, 5) is 0. The van der Waals surface area contributed by atoms with Gasteiger partial charge in [-0.25, -0.2) is 0 Å². The Bertz CT molecular complexity index is 1790. The highest BCUT2D eigenvalue weighted by Crippen LogP contribution is 2.39. The van der Waals surface area contributed by atoms with Gasteiger partial charge in [0.1, 0.15) is 35.4 Å². The van der Waals surface area contributed by atoms with Gasteiger partial charge in [0.25, 0.3) is 0 Å². The Morgan fingerprint density at radius 3 is 1.04 bits per heavy atom. The van der Waals surface area contributed by atoms with E-state index in [0.717, 1.165) is 105 Å². The molecular formula is C47H54O5. The number of fused-ring (bicyclic) bond motifs is 8. The molecule has 5 nitrogen and oxygen atoms in total. The summed E-state index contributed by atoms with van der Waals surface area (Å²) in [7, 11) is 0. The van der Waals surface area contributed by atoms with E-state index in [9.17, 15) is 0 Å². The first-order valence-corrected chi connectivity index (χ1v) is 19.3. The van der Waals surface area contributed by atoms with Crippen LogP contribution in [-0.2, 0) is 32.3 Å². The third kappa shape index (κ3) is 9.11. The zero-order valence-corrected chi connectivity index (χ0v) is 31.5. The average molecular weight is 699 g/mol. The van der Waals surface area contributed by atoms with Crippen LogP contribution in [0, 0.1) is 0 Å². The van der Waals surface area contributed by atoms with Gasteiger partial charge in [-0.3, -0.25) is 0 Å². The maximum absolute atomic E-state index is 6.71. The lowest BCUT2D eigenvalue weighted by atomic mass is 9.90. The number of ether oxygens (including phenoxy) is 5. The summed E-state index contributed by atoms with van der Waals surface area (Å²) in [5.74, 6) is 4.67. The van der Waals surface area contributed by atoms with Gasteiger partial charge in [0.2, 0.25) is 0 Å². The Balaban J connectivity index is 1.57. The fraction of sp³-hybridized carbons (Fsp3) is 0.362. The summed E-state index contributed by atoms with van der Waals surface area (Å²) in [5, 5.41) is 0. The maximum atomic E-state index is 6.71. The molecule has 8 bridgehead atoms. The smallest absolute Gasteiger partial charge is 0.126 e. The summed E-state index contributed by atoms with van der Waals surface area (Å²) < 4.78 is 32.9. The SMILES string of the molecule is CCCOc1c2cccc1Cc1cccc(c1OCCC)Cc1cc(COc3ccccc3)cc(c1OCCC)Cc1cccc(c1OCCC)C2. The van der Waals surface area contributed by atoms with Crippen LogP contribution in [-0.4, -0.2) is 26.4 Å². The maximum Gasteiger partial charge on any atom is 0.126 e. The topological polar surface area (TPSA) is 46.2 Å². The summed E-state index contributed by atoms with van der Waals surface area (Å²) in [6, 6.07) is 34.3. The Morgan fingerprint density at radius 1 is 0.365 bits per heavy atom. The monoisotopic (exact) mass is 698 g/mol. The lowest BCUT2D eigenvalue weighted by molar-refractivity contribution is 0.300. The van der Waals surface area contributed by atoms with E-state index in [4.69, 9.17) is 23.7 Å². The molecule has 52 heavy (non-hydrogen) atoms. The zero-order chi connectivity index (χ0) is 36.1. The summed E-state index contributed by atoms with van der Waals surface area (Å²) >= 11 is 0. The van der Waals surface area contributed by atoms with E-state index < -0.39 is 0 Å². The number of para-hydroxylation sites is 4. The first-order valence-electron chi connectivity index (χ1n) is 19.3. The van der Waals surface area contributed by atoms with Crippen molar-refractivity contribution in [3.8, 4) is 28.7 Å². The minimum Gasteiger partial charge on any atom is -0.493 e. The van der Waals surface area contributed by atoms with Gasteiger partial charge in [0.15, 0.2) is 0 Å². The van der Waals surface area contributed by atoms with Crippen LogP contribution in [0.5, 0.6) is 28.7 Å². The van der Waals surface area contributed by atoms with Crippen molar-refractivity contribution in [2.75, 3.05) is 26.4 Å². The summed E-state index contributed by atoms with van der Waals surface area (Å²) in [6.45, 7) is 11.7. The van der Waals surface area contributed by atoms with Crippen molar-refractivity contribution in [1.29, 1.82) is 0 Å². The molecule has 0 atom stereocenters. The fourth-order valence-electron chi connectivity index (χ4n) is 6.98. The molecule has 0 N–H and O–H groups in total. The molecular weight excluding hydrogens is 645 g/mol. The van der Waals surface area contributed by atoms with E-state index in [1.165, 1.54) is 0 Å². The molecule has 0 amide bonds. The number of hydrogen-bond acceptors (Lipinski definition) is 5. The molecule has 0 radical (unpaired) electrons. The predicted molar refractivity (Wildman–Crippen MR) is 211 cm³/mol. The molecule has 0 fully saturated rings. The second kappa shape index (κ2) is 18.5. The first kappa shape index (κ1) is 36.9. The van der Waals surface area contributed by atoms with Gasteiger partial charge < -0.3 is 23.7 Å². The van der Waals surface area contributed by atoms with Crippen molar-refractivity contribution in [1.82, 2.24) is 0 Å². The van der Waals surface area contributed by atoms with Crippen LogP contribution >= 0.6 is 0 Å².